The fraction of sp³-hybridized carbons (Fsp3) is 0.280. The lowest BCUT2D eigenvalue weighted by Gasteiger charge is -2.43. The molecule has 0 radical (unpaired) electrons. The molecule has 1 saturated heterocycles. The van der Waals surface area contributed by atoms with Gasteiger partial charge in [0.15, 0.2) is 0 Å². The van der Waals surface area contributed by atoms with E-state index in [1.54, 1.807) is 10.6 Å². The van der Waals surface area contributed by atoms with Crippen LogP contribution in [-0.4, -0.2) is 31.0 Å². The van der Waals surface area contributed by atoms with Crippen LogP contribution in [0.1, 0.15) is 29.2 Å². The first kappa shape index (κ1) is 22.3. The Morgan fingerprint density at radius 1 is 1.06 bits per heavy atom. The highest BCUT2D eigenvalue weighted by molar-refractivity contribution is 7.92. The molecule has 9 heteroatoms. The van der Waals surface area contributed by atoms with Crippen LogP contribution in [0.4, 0.5) is 10.1 Å². The van der Waals surface area contributed by atoms with Crippen LogP contribution in [-0.2, 0) is 23.1 Å². The molecule has 2 atom stereocenters. The summed E-state index contributed by atoms with van der Waals surface area (Å²) in [6.45, 7) is 2.84. The maximum absolute atomic E-state index is 13.5. The van der Waals surface area contributed by atoms with Gasteiger partial charge in [0.1, 0.15) is 11.5 Å². The summed E-state index contributed by atoms with van der Waals surface area (Å²) in [5.41, 5.74) is 2.18. The summed E-state index contributed by atoms with van der Waals surface area (Å²) < 4.78 is 42.9. The minimum absolute atomic E-state index is 0.0434. The normalized spacial score (nSPS) is 19.8. The summed E-state index contributed by atoms with van der Waals surface area (Å²) in [5.74, 6) is -0.242. The molecule has 2 aliphatic rings. The van der Waals surface area contributed by atoms with E-state index in [0.717, 1.165) is 49.4 Å². The molecule has 2 aliphatic heterocycles. The molecule has 34 heavy (non-hydrogen) atoms. The van der Waals surface area contributed by atoms with Crippen LogP contribution < -0.4 is 10.3 Å². The maximum atomic E-state index is 13.5. The summed E-state index contributed by atoms with van der Waals surface area (Å²) in [4.78, 5) is 15.3. The fourth-order valence-corrected chi connectivity index (χ4v) is 6.18. The molecule has 0 spiro atoms. The Morgan fingerprint density at radius 3 is 2.68 bits per heavy atom. The number of pyridine rings is 1. The van der Waals surface area contributed by atoms with E-state index in [9.17, 15) is 17.6 Å². The molecule has 2 aromatic carbocycles. The van der Waals surface area contributed by atoms with Crippen LogP contribution in [0.3, 0.4) is 0 Å². The topological polar surface area (TPSA) is 95.2 Å². The van der Waals surface area contributed by atoms with E-state index in [0.29, 0.717) is 12.1 Å². The lowest BCUT2D eigenvalue weighted by Crippen LogP contribution is -2.47. The Morgan fingerprint density at radius 2 is 1.88 bits per heavy atom. The summed E-state index contributed by atoms with van der Waals surface area (Å²) in [6.07, 6.45) is 0.975. The molecule has 3 heterocycles. The van der Waals surface area contributed by atoms with Crippen molar-refractivity contribution >= 4 is 15.7 Å². The highest BCUT2D eigenvalue weighted by atomic mass is 32.2. The van der Waals surface area contributed by atoms with Gasteiger partial charge < -0.3 is 4.57 Å². The molecular weight excluding hydrogens is 455 g/mol. The summed E-state index contributed by atoms with van der Waals surface area (Å²) >= 11 is 0. The number of nitrogens with zero attached hydrogens (tertiary/aromatic N) is 3. The van der Waals surface area contributed by atoms with Gasteiger partial charge in [-0.25, -0.2) is 12.8 Å². The number of piperidine rings is 1. The number of likely N-dealkylation sites (tertiary alicyclic amines) is 1. The third-order valence-corrected chi connectivity index (χ3v) is 7.86. The highest BCUT2D eigenvalue weighted by Crippen LogP contribution is 2.36. The van der Waals surface area contributed by atoms with Crippen LogP contribution in [0.25, 0.3) is 0 Å². The number of hydrogen-bond acceptors (Lipinski definition) is 5. The Hall–Kier alpha value is -3.48. The van der Waals surface area contributed by atoms with Crippen LogP contribution in [0, 0.1) is 23.1 Å². The molecule has 1 fully saturated rings. The zero-order valence-electron chi connectivity index (χ0n) is 18.3. The first-order valence-corrected chi connectivity index (χ1v) is 12.5. The van der Waals surface area contributed by atoms with Gasteiger partial charge in [0.05, 0.1) is 16.5 Å². The predicted octanol–water partition coefficient (Wildman–Crippen LogP) is 3.28. The Kier molecular flexibility index (Phi) is 5.71. The van der Waals surface area contributed by atoms with E-state index < -0.39 is 15.8 Å². The number of nitriles is 1. The summed E-state index contributed by atoms with van der Waals surface area (Å²) in [5, 5.41) is 9.15. The van der Waals surface area contributed by atoms with Crippen molar-refractivity contribution in [3.63, 3.8) is 0 Å². The van der Waals surface area contributed by atoms with Crippen LogP contribution in [0.2, 0.25) is 0 Å². The van der Waals surface area contributed by atoms with Gasteiger partial charge in [0.2, 0.25) is 0 Å². The number of nitrogens with one attached hydrogen (secondary N) is 1. The number of fused-ring (bicyclic) bond motifs is 4. The SMILES string of the molecule is N#Cc1cccc(CN2C[C@@H]3C[C@H](C2)c2ccc(NS(=O)(=O)c4cccc(F)c4)c(=O)n2C3)c1. The van der Waals surface area contributed by atoms with Crippen molar-refractivity contribution in [2.24, 2.45) is 5.92 Å². The lowest BCUT2D eigenvalue weighted by atomic mass is 9.83. The Labute approximate surface area is 197 Å². The van der Waals surface area contributed by atoms with Crippen molar-refractivity contribution in [1.29, 1.82) is 5.26 Å². The number of hydrogen-bond donors (Lipinski definition) is 1. The van der Waals surface area contributed by atoms with Crippen LogP contribution in [0.5, 0.6) is 0 Å². The highest BCUT2D eigenvalue weighted by Gasteiger charge is 2.35. The van der Waals surface area contributed by atoms with Gasteiger partial charge in [0.25, 0.3) is 15.6 Å². The number of anilines is 1. The largest absolute Gasteiger partial charge is 0.310 e. The zero-order chi connectivity index (χ0) is 23.9. The van der Waals surface area contributed by atoms with E-state index in [-0.39, 0.29) is 28.0 Å². The third kappa shape index (κ3) is 4.34. The number of rotatable bonds is 5. The molecule has 174 valence electrons. The second-order valence-electron chi connectivity index (χ2n) is 8.96. The van der Waals surface area contributed by atoms with E-state index in [1.165, 1.54) is 18.2 Å². The Bertz CT molecular complexity index is 1460. The monoisotopic (exact) mass is 478 g/mol. The van der Waals surface area contributed by atoms with Crippen molar-refractivity contribution in [3.8, 4) is 6.07 Å². The molecule has 3 aromatic rings. The molecule has 7 nitrogen and oxygen atoms in total. The second kappa shape index (κ2) is 8.70. The van der Waals surface area contributed by atoms with Crippen LogP contribution >= 0.6 is 0 Å². The molecule has 5 rings (SSSR count). The van der Waals surface area contributed by atoms with Gasteiger partial charge in [-0.1, -0.05) is 18.2 Å². The molecule has 1 N–H and O–H groups in total. The standard InChI is InChI=1S/C25H23FN4O3S/c26-21-5-2-6-22(11-21)34(32,33)28-23-7-8-24-20-10-19(15-30(24)25(23)31)14-29(16-20)13-18-4-1-3-17(9-18)12-27/h1-9,11,19-20,28H,10,13-16H2/t19-,20+/m0/s1. The van der Waals surface area contributed by atoms with Gasteiger partial charge in [-0.3, -0.25) is 14.4 Å². The zero-order valence-corrected chi connectivity index (χ0v) is 19.1. The first-order valence-electron chi connectivity index (χ1n) is 11.1. The fourth-order valence-electron chi connectivity index (χ4n) is 5.09. The number of benzene rings is 2. The van der Waals surface area contributed by atoms with Crippen molar-refractivity contribution < 1.29 is 12.8 Å². The van der Waals surface area contributed by atoms with E-state index >= 15 is 0 Å². The van der Waals surface area contributed by atoms with Gasteiger partial charge in [-0.05, 0) is 60.4 Å². The van der Waals surface area contributed by atoms with Gasteiger partial charge in [-0.2, -0.15) is 5.26 Å². The molecule has 0 amide bonds. The molecule has 0 saturated carbocycles. The minimum Gasteiger partial charge on any atom is -0.310 e. The smallest absolute Gasteiger partial charge is 0.275 e. The molecule has 2 bridgehead atoms. The molecule has 0 unspecified atom stereocenters. The predicted molar refractivity (Wildman–Crippen MR) is 125 cm³/mol. The third-order valence-electron chi connectivity index (χ3n) is 6.49. The van der Waals surface area contributed by atoms with E-state index in [1.807, 2.05) is 24.3 Å². The maximum Gasteiger partial charge on any atom is 0.275 e. The van der Waals surface area contributed by atoms with Crippen LogP contribution in [0.15, 0.2) is 70.4 Å². The number of halogens is 1. The average molecular weight is 479 g/mol. The molecule has 0 aliphatic carbocycles. The Balaban J connectivity index is 1.38. The minimum atomic E-state index is -4.09. The van der Waals surface area contributed by atoms with Crippen molar-refractivity contribution in [3.05, 3.63) is 93.7 Å². The quantitative estimate of drug-likeness (QED) is 0.607. The van der Waals surface area contributed by atoms with Crippen molar-refractivity contribution in [1.82, 2.24) is 9.47 Å². The van der Waals surface area contributed by atoms with E-state index in [4.69, 9.17) is 5.26 Å². The molecule has 1 aromatic heterocycles. The van der Waals surface area contributed by atoms with Gasteiger partial charge in [0, 0.05) is 37.8 Å². The summed E-state index contributed by atoms with van der Waals surface area (Å²) in [6, 6.07) is 17.8. The number of aromatic nitrogens is 1. The van der Waals surface area contributed by atoms with Gasteiger partial charge in [-0.15, -0.1) is 0 Å². The average Bonchev–Trinajstić information content (AvgIpc) is 2.81. The van der Waals surface area contributed by atoms with Crippen molar-refractivity contribution in [2.45, 2.75) is 30.3 Å². The second-order valence-corrected chi connectivity index (χ2v) is 10.6. The molecular formula is C25H23FN4O3S. The van der Waals surface area contributed by atoms with Crippen molar-refractivity contribution in [2.75, 3.05) is 17.8 Å². The van der Waals surface area contributed by atoms with Gasteiger partial charge >= 0.3 is 0 Å². The number of sulfonamides is 1. The first-order chi connectivity index (χ1) is 16.3. The lowest BCUT2D eigenvalue weighted by molar-refractivity contribution is 0.114. The summed E-state index contributed by atoms with van der Waals surface area (Å²) in [7, 11) is -4.09. The van der Waals surface area contributed by atoms with E-state index in [2.05, 4.69) is 15.7 Å².